The maximum absolute atomic E-state index is 5.96. The van der Waals surface area contributed by atoms with Gasteiger partial charge in [0, 0.05) is 0 Å². The van der Waals surface area contributed by atoms with Gasteiger partial charge in [0.2, 0.25) is 0 Å². The van der Waals surface area contributed by atoms with Gasteiger partial charge < -0.3 is 11.3 Å². The molecule has 0 radical (unpaired) electrons. The van der Waals surface area contributed by atoms with Gasteiger partial charge in [-0.3, -0.25) is 0 Å². The minimum atomic E-state index is -0.398. The number of nitrogens with two attached hydrogens (primary N) is 2. The molecule has 0 amide bonds. The Hall–Kier alpha value is -0.615. The van der Waals surface area contributed by atoms with Crippen LogP contribution in [0.4, 0.5) is 0 Å². The van der Waals surface area contributed by atoms with Crippen LogP contribution in [0.5, 0.6) is 0 Å². The smallest absolute Gasteiger partial charge is 0.335 e. The molecule has 0 aliphatic carbocycles. The fraction of sp³-hybridized carbons (Fsp3) is 0.167. The third-order valence-corrected chi connectivity index (χ3v) is 5.11. The summed E-state index contributed by atoms with van der Waals surface area (Å²) < 4.78 is 0. The fourth-order valence-corrected chi connectivity index (χ4v) is 3.48. The van der Waals surface area contributed by atoms with Gasteiger partial charge in [-0.2, -0.15) is 0 Å². The Labute approximate surface area is 110 Å². The van der Waals surface area contributed by atoms with Crippen molar-refractivity contribution in [3.8, 4) is 0 Å². The first kappa shape index (κ1) is 11.5. The van der Waals surface area contributed by atoms with Crippen molar-refractivity contribution in [1.29, 1.82) is 0 Å². The SMILES string of the molecule is NB(N)c1c(C2C=CS2)cccc1C1C=CS1. The van der Waals surface area contributed by atoms with E-state index in [2.05, 4.69) is 41.2 Å². The van der Waals surface area contributed by atoms with E-state index in [0.717, 1.165) is 5.46 Å². The van der Waals surface area contributed by atoms with E-state index >= 15 is 0 Å². The summed E-state index contributed by atoms with van der Waals surface area (Å²) in [4.78, 5) is 0. The van der Waals surface area contributed by atoms with Gasteiger partial charge in [-0.05, 0) is 27.4 Å². The van der Waals surface area contributed by atoms with Crippen LogP contribution in [-0.2, 0) is 0 Å². The number of benzene rings is 1. The summed E-state index contributed by atoms with van der Waals surface area (Å²) in [5, 5.41) is 5.07. The number of thioether (sulfide) groups is 2. The van der Waals surface area contributed by atoms with Crippen LogP contribution >= 0.6 is 23.5 Å². The van der Waals surface area contributed by atoms with Gasteiger partial charge in [0.05, 0.1) is 10.5 Å². The first-order chi connectivity index (χ1) is 8.27. The predicted molar refractivity (Wildman–Crippen MR) is 79.1 cm³/mol. The second kappa shape index (κ2) is 4.57. The molecule has 2 aliphatic rings. The van der Waals surface area contributed by atoms with E-state index in [-0.39, 0.29) is 0 Å². The molecule has 0 saturated heterocycles. The van der Waals surface area contributed by atoms with Crippen LogP contribution in [0.3, 0.4) is 0 Å². The fourth-order valence-electron chi connectivity index (χ4n) is 2.15. The summed E-state index contributed by atoms with van der Waals surface area (Å²) in [6.45, 7) is -0.398. The molecule has 0 spiro atoms. The molecule has 2 atom stereocenters. The van der Waals surface area contributed by atoms with Crippen molar-refractivity contribution in [3.05, 3.63) is 52.3 Å². The van der Waals surface area contributed by atoms with E-state index in [1.165, 1.54) is 11.1 Å². The average Bonchev–Trinajstić information content (AvgIpc) is 2.11. The number of hydrogen-bond donors (Lipinski definition) is 2. The first-order valence-corrected chi connectivity index (χ1v) is 7.44. The average molecular weight is 260 g/mol. The highest BCUT2D eigenvalue weighted by atomic mass is 32.2. The molecule has 0 aromatic heterocycles. The zero-order valence-electron chi connectivity index (χ0n) is 9.24. The van der Waals surface area contributed by atoms with Gasteiger partial charge in [-0.15, -0.1) is 23.5 Å². The van der Waals surface area contributed by atoms with Crippen molar-refractivity contribution in [1.82, 2.24) is 0 Å². The third-order valence-electron chi connectivity index (χ3n) is 3.08. The quantitative estimate of drug-likeness (QED) is 0.815. The topological polar surface area (TPSA) is 52.0 Å². The van der Waals surface area contributed by atoms with Crippen molar-refractivity contribution in [2.45, 2.75) is 10.5 Å². The van der Waals surface area contributed by atoms with Crippen LogP contribution in [0.2, 0.25) is 0 Å². The largest absolute Gasteiger partial charge is 0.352 e. The lowest BCUT2D eigenvalue weighted by Gasteiger charge is -2.27. The van der Waals surface area contributed by atoms with Crippen LogP contribution in [-0.4, -0.2) is 6.98 Å². The second-order valence-electron chi connectivity index (χ2n) is 4.15. The minimum Gasteiger partial charge on any atom is -0.352 e. The molecule has 1 aromatic rings. The Morgan fingerprint density at radius 3 is 1.71 bits per heavy atom. The molecular weight excluding hydrogens is 247 g/mol. The lowest BCUT2D eigenvalue weighted by Crippen LogP contribution is -2.52. The summed E-state index contributed by atoms with van der Waals surface area (Å²) in [6.07, 6.45) is 4.39. The molecule has 0 bridgehead atoms. The molecular formula is C12H13BN2S2. The van der Waals surface area contributed by atoms with Gasteiger partial charge in [0.1, 0.15) is 0 Å². The molecule has 0 saturated carbocycles. The molecule has 1 aromatic carbocycles. The second-order valence-corrected chi connectivity index (χ2v) is 6.25. The molecule has 86 valence electrons. The molecule has 2 unspecified atom stereocenters. The van der Waals surface area contributed by atoms with E-state index in [1.807, 2.05) is 23.5 Å². The zero-order chi connectivity index (χ0) is 11.8. The maximum Gasteiger partial charge on any atom is 0.335 e. The molecule has 2 heterocycles. The molecule has 0 fully saturated rings. The molecule has 5 heteroatoms. The standard InChI is InChI=1S/C12H13BN2S2/c14-13(15)12-8(10-4-6-16-10)2-1-3-9(12)11-5-7-17-11/h1-7,10-11H,14-15H2. The predicted octanol–water partition coefficient (Wildman–Crippen LogP) is 1.90. The Balaban J connectivity index is 2.08. The van der Waals surface area contributed by atoms with Crippen LogP contribution in [0, 0.1) is 0 Å². The minimum absolute atomic E-state index is 0.398. The highest BCUT2D eigenvalue weighted by molar-refractivity contribution is 8.04. The zero-order valence-corrected chi connectivity index (χ0v) is 10.9. The molecule has 4 N–H and O–H groups in total. The van der Waals surface area contributed by atoms with Gasteiger partial charge in [0.25, 0.3) is 0 Å². The lowest BCUT2D eigenvalue weighted by molar-refractivity contribution is 1.17. The Morgan fingerprint density at radius 1 is 0.941 bits per heavy atom. The van der Waals surface area contributed by atoms with E-state index in [9.17, 15) is 0 Å². The summed E-state index contributed by atoms with van der Waals surface area (Å²) >= 11 is 3.64. The number of rotatable bonds is 3. The summed E-state index contributed by atoms with van der Waals surface area (Å²) in [6, 6.07) is 6.38. The molecule has 2 nitrogen and oxygen atoms in total. The first-order valence-electron chi connectivity index (χ1n) is 5.55. The van der Waals surface area contributed by atoms with Crippen LogP contribution in [0.25, 0.3) is 0 Å². The molecule has 2 aliphatic heterocycles. The Bertz CT molecular complexity index is 461. The van der Waals surface area contributed by atoms with Gasteiger partial charge >= 0.3 is 6.98 Å². The summed E-state index contributed by atoms with van der Waals surface area (Å²) in [7, 11) is 0. The van der Waals surface area contributed by atoms with Crippen LogP contribution in [0.1, 0.15) is 21.6 Å². The van der Waals surface area contributed by atoms with Gasteiger partial charge in [-0.1, -0.05) is 30.4 Å². The van der Waals surface area contributed by atoms with E-state index in [0.29, 0.717) is 10.5 Å². The number of hydrogen-bond acceptors (Lipinski definition) is 4. The van der Waals surface area contributed by atoms with Crippen molar-refractivity contribution in [3.63, 3.8) is 0 Å². The van der Waals surface area contributed by atoms with Crippen molar-refractivity contribution in [2.75, 3.05) is 0 Å². The highest BCUT2D eigenvalue weighted by Gasteiger charge is 2.27. The highest BCUT2D eigenvalue weighted by Crippen LogP contribution is 2.42. The van der Waals surface area contributed by atoms with E-state index in [4.69, 9.17) is 11.3 Å². The van der Waals surface area contributed by atoms with E-state index in [1.54, 1.807) is 0 Å². The van der Waals surface area contributed by atoms with Crippen LogP contribution in [0.15, 0.2) is 41.2 Å². The van der Waals surface area contributed by atoms with Gasteiger partial charge in [-0.25, -0.2) is 0 Å². The van der Waals surface area contributed by atoms with E-state index < -0.39 is 6.98 Å². The third kappa shape index (κ3) is 1.97. The van der Waals surface area contributed by atoms with Crippen LogP contribution < -0.4 is 16.8 Å². The Kier molecular flexibility index (Phi) is 3.09. The lowest BCUT2D eigenvalue weighted by atomic mass is 9.65. The maximum atomic E-state index is 5.96. The normalized spacial score (nSPS) is 25.3. The molecule has 17 heavy (non-hydrogen) atoms. The summed E-state index contributed by atoms with van der Waals surface area (Å²) in [5.41, 5.74) is 15.6. The van der Waals surface area contributed by atoms with Crippen molar-refractivity contribution in [2.24, 2.45) is 11.3 Å². The van der Waals surface area contributed by atoms with Crippen molar-refractivity contribution < 1.29 is 0 Å². The Morgan fingerprint density at radius 2 is 1.41 bits per heavy atom. The molecule has 3 rings (SSSR count). The summed E-state index contributed by atoms with van der Waals surface area (Å²) in [5.74, 6) is 0. The van der Waals surface area contributed by atoms with Crippen molar-refractivity contribution >= 4 is 36.0 Å². The van der Waals surface area contributed by atoms with Gasteiger partial charge in [0.15, 0.2) is 0 Å². The monoisotopic (exact) mass is 260 g/mol.